The fourth-order valence-electron chi connectivity index (χ4n) is 3.06. The molecule has 9 nitrogen and oxygen atoms in total. The van der Waals surface area contributed by atoms with Gasteiger partial charge in [-0.1, -0.05) is 25.1 Å². The third-order valence-corrected chi connectivity index (χ3v) is 4.67. The van der Waals surface area contributed by atoms with E-state index < -0.39 is 0 Å². The predicted octanol–water partition coefficient (Wildman–Crippen LogP) is 2.79. The topological polar surface area (TPSA) is 104 Å². The largest absolute Gasteiger partial charge is 0.488 e. The first-order chi connectivity index (χ1) is 15.2. The Morgan fingerprint density at radius 1 is 1.06 bits per heavy atom. The molecule has 31 heavy (non-hydrogen) atoms. The summed E-state index contributed by atoms with van der Waals surface area (Å²) >= 11 is 0. The molecule has 9 heteroatoms. The van der Waals surface area contributed by atoms with Gasteiger partial charge in [-0.05, 0) is 23.8 Å². The second-order valence-corrected chi connectivity index (χ2v) is 6.84. The molecule has 0 atom stereocenters. The molecule has 0 unspecified atom stereocenters. The Hall–Kier alpha value is -3.72. The van der Waals surface area contributed by atoms with Crippen LogP contribution in [-0.4, -0.2) is 55.9 Å². The van der Waals surface area contributed by atoms with E-state index in [9.17, 15) is 4.79 Å². The molecule has 0 amide bonds. The van der Waals surface area contributed by atoms with Crippen LogP contribution in [0, 0.1) is 0 Å². The average Bonchev–Trinajstić information content (AvgIpc) is 3.21. The van der Waals surface area contributed by atoms with Crippen molar-refractivity contribution in [1.29, 1.82) is 0 Å². The van der Waals surface area contributed by atoms with Gasteiger partial charge in [-0.25, -0.2) is 9.97 Å². The van der Waals surface area contributed by atoms with Gasteiger partial charge in [0.2, 0.25) is 0 Å². The standard InChI is InChI=1S/C22H22N6O3/c1-3-19(29)18-7-8-20-25-26-21(28(20)27-18)12-15-5-4-6-16(11-15)22-23-13-17(14-24-22)31-10-9-30-2/h4-8,11,13-14H,3,9-10,12H2,1-2H3. The molecule has 1 aromatic carbocycles. The van der Waals surface area contributed by atoms with Crippen LogP contribution in [-0.2, 0) is 11.2 Å². The third-order valence-electron chi connectivity index (χ3n) is 4.67. The monoisotopic (exact) mass is 418 g/mol. The number of carbonyl (C=O) groups is 1. The molecule has 4 aromatic rings. The molecule has 0 aliphatic carbocycles. The summed E-state index contributed by atoms with van der Waals surface area (Å²) in [4.78, 5) is 20.8. The molecule has 0 N–H and O–H groups in total. The molecule has 0 saturated heterocycles. The van der Waals surface area contributed by atoms with Crippen molar-refractivity contribution >= 4 is 11.4 Å². The molecule has 3 heterocycles. The second kappa shape index (κ2) is 9.40. The molecule has 0 saturated carbocycles. The number of rotatable bonds is 9. The van der Waals surface area contributed by atoms with Crippen molar-refractivity contribution in [3.8, 4) is 17.1 Å². The number of benzene rings is 1. The van der Waals surface area contributed by atoms with Gasteiger partial charge in [0.05, 0.1) is 19.0 Å². The Bertz CT molecular complexity index is 1190. The lowest BCUT2D eigenvalue weighted by Crippen LogP contribution is -2.07. The van der Waals surface area contributed by atoms with Gasteiger partial charge in [0.15, 0.2) is 28.8 Å². The van der Waals surface area contributed by atoms with Crippen molar-refractivity contribution in [2.75, 3.05) is 20.3 Å². The Kier molecular flexibility index (Phi) is 6.23. The van der Waals surface area contributed by atoms with Gasteiger partial charge in [-0.3, -0.25) is 4.79 Å². The zero-order valence-corrected chi connectivity index (χ0v) is 17.4. The minimum atomic E-state index is -0.0182. The lowest BCUT2D eigenvalue weighted by atomic mass is 10.1. The van der Waals surface area contributed by atoms with E-state index in [2.05, 4.69) is 25.3 Å². The van der Waals surface area contributed by atoms with Gasteiger partial charge >= 0.3 is 0 Å². The number of nitrogens with zero attached hydrogens (tertiary/aromatic N) is 6. The quantitative estimate of drug-likeness (QED) is 0.302. The fourth-order valence-corrected chi connectivity index (χ4v) is 3.06. The molecule has 3 aromatic heterocycles. The molecular formula is C22H22N6O3. The van der Waals surface area contributed by atoms with E-state index in [4.69, 9.17) is 9.47 Å². The van der Waals surface area contributed by atoms with Crippen molar-refractivity contribution in [3.63, 3.8) is 0 Å². The van der Waals surface area contributed by atoms with E-state index in [1.54, 1.807) is 36.2 Å². The maximum absolute atomic E-state index is 12.0. The first-order valence-corrected chi connectivity index (χ1v) is 9.95. The smallest absolute Gasteiger partial charge is 0.182 e. The summed E-state index contributed by atoms with van der Waals surface area (Å²) in [6, 6.07) is 11.3. The van der Waals surface area contributed by atoms with Crippen molar-refractivity contribution in [1.82, 2.24) is 29.8 Å². The summed E-state index contributed by atoms with van der Waals surface area (Å²) in [5, 5.41) is 12.8. The van der Waals surface area contributed by atoms with E-state index in [0.29, 0.717) is 54.8 Å². The summed E-state index contributed by atoms with van der Waals surface area (Å²) in [6.07, 6.45) is 4.19. The molecule has 0 radical (unpaired) electrons. The van der Waals surface area contributed by atoms with Crippen LogP contribution in [0.15, 0.2) is 48.8 Å². The summed E-state index contributed by atoms with van der Waals surface area (Å²) in [6.45, 7) is 2.76. The van der Waals surface area contributed by atoms with Crippen LogP contribution < -0.4 is 4.74 Å². The summed E-state index contributed by atoms with van der Waals surface area (Å²) in [7, 11) is 1.62. The van der Waals surface area contributed by atoms with Crippen LogP contribution >= 0.6 is 0 Å². The maximum Gasteiger partial charge on any atom is 0.182 e. The zero-order valence-electron chi connectivity index (χ0n) is 17.4. The van der Waals surface area contributed by atoms with Crippen LogP contribution in [0.5, 0.6) is 5.75 Å². The molecule has 158 valence electrons. The first kappa shape index (κ1) is 20.5. The van der Waals surface area contributed by atoms with Crippen LogP contribution in [0.3, 0.4) is 0 Å². The summed E-state index contributed by atoms with van der Waals surface area (Å²) < 4.78 is 12.1. The highest BCUT2D eigenvalue weighted by atomic mass is 16.5. The van der Waals surface area contributed by atoms with E-state index in [-0.39, 0.29) is 5.78 Å². The number of methoxy groups -OCH3 is 1. The van der Waals surface area contributed by atoms with Crippen LogP contribution in [0.4, 0.5) is 0 Å². The molecule has 4 rings (SSSR count). The number of carbonyl (C=O) groups excluding carboxylic acids is 1. The minimum Gasteiger partial charge on any atom is -0.488 e. The molecule has 0 aliphatic rings. The van der Waals surface area contributed by atoms with Gasteiger partial charge in [0.25, 0.3) is 0 Å². The van der Waals surface area contributed by atoms with Crippen molar-refractivity contribution < 1.29 is 14.3 Å². The van der Waals surface area contributed by atoms with Crippen molar-refractivity contribution in [3.05, 3.63) is 65.9 Å². The predicted molar refractivity (Wildman–Crippen MR) is 113 cm³/mol. The molecule has 0 spiro atoms. The van der Waals surface area contributed by atoms with E-state index >= 15 is 0 Å². The molecular weight excluding hydrogens is 396 g/mol. The normalized spacial score (nSPS) is 11.0. The Balaban J connectivity index is 1.54. The average molecular weight is 418 g/mol. The van der Waals surface area contributed by atoms with Gasteiger partial charge < -0.3 is 9.47 Å². The van der Waals surface area contributed by atoms with E-state index in [1.165, 1.54) is 0 Å². The summed E-state index contributed by atoms with van der Waals surface area (Å²) in [5.41, 5.74) is 2.90. The summed E-state index contributed by atoms with van der Waals surface area (Å²) in [5.74, 6) is 1.83. The van der Waals surface area contributed by atoms with Gasteiger partial charge in [-0.2, -0.15) is 9.61 Å². The number of ether oxygens (including phenoxy) is 2. The highest BCUT2D eigenvalue weighted by Crippen LogP contribution is 2.19. The van der Waals surface area contributed by atoms with Crippen molar-refractivity contribution in [2.45, 2.75) is 19.8 Å². The Morgan fingerprint density at radius 3 is 2.68 bits per heavy atom. The second-order valence-electron chi connectivity index (χ2n) is 6.84. The van der Waals surface area contributed by atoms with Gasteiger partial charge in [0.1, 0.15) is 12.3 Å². The van der Waals surface area contributed by atoms with Crippen LogP contribution in [0.2, 0.25) is 0 Å². The molecule has 0 aliphatic heterocycles. The SMILES string of the molecule is CCC(=O)c1ccc2nnc(Cc3cccc(-c4ncc(OCCOC)cn4)c3)n2n1. The number of Topliss-reactive ketones (excluding diaryl/α,β-unsaturated/α-hetero) is 1. The van der Waals surface area contributed by atoms with Crippen LogP contribution in [0.1, 0.15) is 35.2 Å². The Labute approximate surface area is 179 Å². The highest BCUT2D eigenvalue weighted by molar-refractivity contribution is 5.93. The van der Waals surface area contributed by atoms with Gasteiger partial charge in [0, 0.05) is 25.5 Å². The minimum absolute atomic E-state index is 0.0182. The number of aromatic nitrogens is 6. The lowest BCUT2D eigenvalue weighted by molar-refractivity contribution is 0.0982. The lowest BCUT2D eigenvalue weighted by Gasteiger charge is -2.07. The molecule has 0 fully saturated rings. The zero-order chi connectivity index (χ0) is 21.6. The number of fused-ring (bicyclic) bond motifs is 1. The van der Waals surface area contributed by atoms with E-state index in [0.717, 1.165) is 11.1 Å². The Morgan fingerprint density at radius 2 is 1.90 bits per heavy atom. The first-order valence-electron chi connectivity index (χ1n) is 9.95. The van der Waals surface area contributed by atoms with Crippen molar-refractivity contribution in [2.24, 2.45) is 0 Å². The molecule has 0 bridgehead atoms. The van der Waals surface area contributed by atoms with E-state index in [1.807, 2.05) is 31.2 Å². The number of hydrogen-bond donors (Lipinski definition) is 0. The van der Waals surface area contributed by atoms with Crippen LogP contribution in [0.25, 0.3) is 17.0 Å². The maximum atomic E-state index is 12.0. The number of hydrogen-bond acceptors (Lipinski definition) is 8. The highest BCUT2D eigenvalue weighted by Gasteiger charge is 2.12. The third kappa shape index (κ3) is 4.72. The van der Waals surface area contributed by atoms with Gasteiger partial charge in [-0.15, -0.1) is 10.2 Å². The fraction of sp³-hybridized carbons (Fsp3) is 0.273. The number of ketones is 1.